The fourth-order valence-electron chi connectivity index (χ4n) is 3.90. The first-order chi connectivity index (χ1) is 16.7. The number of urea groups is 1. The summed E-state index contributed by atoms with van der Waals surface area (Å²) < 4.78 is 38.3. The minimum Gasteiger partial charge on any atom is -0.494 e. The molecule has 2 heterocycles. The van der Waals surface area contributed by atoms with Gasteiger partial charge in [-0.3, -0.25) is 0 Å². The highest BCUT2D eigenvalue weighted by Gasteiger charge is 2.25. The average Bonchev–Trinajstić information content (AvgIpc) is 3.23. The Bertz CT molecular complexity index is 1490. The lowest BCUT2D eigenvalue weighted by Crippen LogP contribution is -2.27. The third kappa shape index (κ3) is 4.40. The van der Waals surface area contributed by atoms with E-state index in [2.05, 4.69) is 20.6 Å². The highest BCUT2D eigenvalue weighted by molar-refractivity contribution is 6.02. The van der Waals surface area contributed by atoms with E-state index in [4.69, 9.17) is 9.47 Å². The van der Waals surface area contributed by atoms with Gasteiger partial charge in [-0.25, -0.2) is 18.6 Å². The van der Waals surface area contributed by atoms with Crippen molar-refractivity contribution in [3.63, 3.8) is 0 Å². The van der Waals surface area contributed by atoms with Gasteiger partial charge in [-0.15, -0.1) is 0 Å². The lowest BCUT2D eigenvalue weighted by atomic mass is 10.0. The van der Waals surface area contributed by atoms with E-state index in [1.807, 2.05) is 26.0 Å². The van der Waals surface area contributed by atoms with Crippen LogP contribution in [0.1, 0.15) is 19.4 Å². The SMILES string of the molecule is COc1c(NC(=O)Nc2ccc3[nH]c(-c4ccc(F)c(F)c4)nc3c2)ccc2c1C=CC(C)(C)O2. The number of imidazole rings is 1. The van der Waals surface area contributed by atoms with Crippen molar-refractivity contribution >= 4 is 34.5 Å². The number of fused-ring (bicyclic) bond motifs is 2. The Balaban J connectivity index is 1.35. The van der Waals surface area contributed by atoms with Crippen LogP contribution < -0.4 is 20.1 Å². The number of hydrogen-bond donors (Lipinski definition) is 3. The molecular weight excluding hydrogens is 454 g/mol. The molecule has 0 saturated heterocycles. The molecule has 9 heteroatoms. The maximum Gasteiger partial charge on any atom is 0.323 e. The number of rotatable bonds is 4. The predicted octanol–water partition coefficient (Wildman–Crippen LogP) is 6.34. The first kappa shape index (κ1) is 22.4. The van der Waals surface area contributed by atoms with E-state index in [0.29, 0.717) is 45.3 Å². The van der Waals surface area contributed by atoms with Gasteiger partial charge in [-0.05, 0) is 74.5 Å². The summed E-state index contributed by atoms with van der Waals surface area (Å²) in [6.45, 7) is 3.91. The number of amides is 2. The van der Waals surface area contributed by atoms with Crippen LogP contribution in [0.15, 0.2) is 54.6 Å². The number of methoxy groups -OCH3 is 1. The van der Waals surface area contributed by atoms with E-state index in [1.165, 1.54) is 13.2 Å². The number of nitrogens with zero attached hydrogens (tertiary/aromatic N) is 1. The molecule has 0 radical (unpaired) electrons. The zero-order valence-electron chi connectivity index (χ0n) is 19.2. The van der Waals surface area contributed by atoms with Crippen molar-refractivity contribution in [2.45, 2.75) is 19.4 Å². The molecule has 35 heavy (non-hydrogen) atoms. The number of ether oxygens (including phenoxy) is 2. The van der Waals surface area contributed by atoms with Crippen molar-refractivity contribution in [2.75, 3.05) is 17.7 Å². The molecule has 0 fully saturated rings. The average molecular weight is 476 g/mol. The number of nitrogens with one attached hydrogen (secondary N) is 3. The van der Waals surface area contributed by atoms with Gasteiger partial charge in [0.2, 0.25) is 0 Å². The maximum atomic E-state index is 13.6. The van der Waals surface area contributed by atoms with Crippen LogP contribution in [0.5, 0.6) is 11.5 Å². The van der Waals surface area contributed by atoms with Crippen LogP contribution in [0.4, 0.5) is 25.0 Å². The molecule has 0 aliphatic carbocycles. The third-order valence-electron chi connectivity index (χ3n) is 5.57. The van der Waals surface area contributed by atoms with Crippen molar-refractivity contribution in [3.8, 4) is 22.9 Å². The summed E-state index contributed by atoms with van der Waals surface area (Å²) in [5, 5.41) is 5.58. The molecular formula is C26H22F2N4O3. The molecule has 0 spiro atoms. The Hall–Kier alpha value is -4.40. The number of aromatic amines is 1. The quantitative estimate of drug-likeness (QED) is 0.321. The van der Waals surface area contributed by atoms with Crippen LogP contribution in [0, 0.1) is 11.6 Å². The number of aromatic nitrogens is 2. The minimum atomic E-state index is -0.953. The summed E-state index contributed by atoms with van der Waals surface area (Å²) >= 11 is 0. The summed E-state index contributed by atoms with van der Waals surface area (Å²) in [5.74, 6) is -0.335. The van der Waals surface area contributed by atoms with Crippen molar-refractivity contribution in [1.29, 1.82) is 0 Å². The van der Waals surface area contributed by atoms with Gasteiger partial charge in [0.25, 0.3) is 0 Å². The highest BCUT2D eigenvalue weighted by Crippen LogP contribution is 2.41. The van der Waals surface area contributed by atoms with Crippen molar-refractivity contribution in [1.82, 2.24) is 9.97 Å². The molecule has 0 atom stereocenters. The first-order valence-corrected chi connectivity index (χ1v) is 10.8. The Morgan fingerprint density at radius 2 is 1.89 bits per heavy atom. The molecule has 0 unspecified atom stereocenters. The van der Waals surface area contributed by atoms with E-state index in [1.54, 1.807) is 30.3 Å². The number of anilines is 2. The Morgan fingerprint density at radius 1 is 1.06 bits per heavy atom. The van der Waals surface area contributed by atoms with E-state index >= 15 is 0 Å². The van der Waals surface area contributed by atoms with Gasteiger partial charge >= 0.3 is 6.03 Å². The number of H-pyrrole nitrogens is 1. The number of benzene rings is 3. The molecule has 1 aliphatic rings. The smallest absolute Gasteiger partial charge is 0.323 e. The summed E-state index contributed by atoms with van der Waals surface area (Å²) in [7, 11) is 1.53. The van der Waals surface area contributed by atoms with Gasteiger partial charge in [-0.1, -0.05) is 0 Å². The number of halogens is 2. The van der Waals surface area contributed by atoms with Crippen molar-refractivity contribution < 1.29 is 23.0 Å². The fourth-order valence-corrected chi connectivity index (χ4v) is 3.90. The second-order valence-corrected chi connectivity index (χ2v) is 8.62. The Labute approximate surface area is 199 Å². The lowest BCUT2D eigenvalue weighted by molar-refractivity contribution is 0.158. The molecule has 178 valence electrons. The number of carbonyl (C=O) groups is 1. The molecule has 4 aromatic rings. The Morgan fingerprint density at radius 3 is 2.66 bits per heavy atom. The maximum absolute atomic E-state index is 13.6. The van der Waals surface area contributed by atoms with Gasteiger partial charge in [0.05, 0.1) is 29.4 Å². The molecule has 3 N–H and O–H groups in total. The largest absolute Gasteiger partial charge is 0.494 e. The van der Waals surface area contributed by atoms with E-state index in [-0.39, 0.29) is 0 Å². The standard InChI is InChI=1S/C26H22F2N4O3/c1-26(2)11-10-16-22(35-26)9-8-20(23(16)34-3)32-25(33)29-15-5-7-19-21(13-15)31-24(30-19)14-4-6-17(27)18(28)12-14/h4-13H,1-3H3,(H,30,31)(H2,29,32,33). The third-order valence-corrected chi connectivity index (χ3v) is 5.57. The molecule has 1 aliphatic heterocycles. The topological polar surface area (TPSA) is 88.3 Å². The molecule has 7 nitrogen and oxygen atoms in total. The predicted molar refractivity (Wildman–Crippen MR) is 131 cm³/mol. The molecule has 0 bridgehead atoms. The van der Waals surface area contributed by atoms with Crippen molar-refractivity contribution in [3.05, 3.63) is 71.8 Å². The summed E-state index contributed by atoms with van der Waals surface area (Å²) in [4.78, 5) is 20.2. The molecule has 0 saturated carbocycles. The van der Waals surface area contributed by atoms with Crippen LogP contribution in [0.3, 0.4) is 0 Å². The summed E-state index contributed by atoms with van der Waals surface area (Å²) in [6, 6.07) is 11.7. The van der Waals surface area contributed by atoms with Gasteiger partial charge in [-0.2, -0.15) is 0 Å². The van der Waals surface area contributed by atoms with Gasteiger partial charge in [0.1, 0.15) is 17.2 Å². The van der Waals surface area contributed by atoms with Gasteiger partial charge in [0, 0.05) is 11.3 Å². The van der Waals surface area contributed by atoms with E-state index in [0.717, 1.165) is 17.7 Å². The van der Waals surface area contributed by atoms with Crippen LogP contribution >= 0.6 is 0 Å². The molecule has 5 rings (SSSR count). The van der Waals surface area contributed by atoms with Crippen LogP contribution in [0.25, 0.3) is 28.5 Å². The highest BCUT2D eigenvalue weighted by atomic mass is 19.2. The van der Waals surface area contributed by atoms with Crippen LogP contribution in [-0.4, -0.2) is 28.7 Å². The van der Waals surface area contributed by atoms with E-state index in [9.17, 15) is 13.6 Å². The minimum absolute atomic E-state index is 0.387. The lowest BCUT2D eigenvalue weighted by Gasteiger charge is -2.29. The zero-order valence-corrected chi connectivity index (χ0v) is 19.2. The second-order valence-electron chi connectivity index (χ2n) is 8.62. The monoisotopic (exact) mass is 476 g/mol. The van der Waals surface area contributed by atoms with Crippen LogP contribution in [0.2, 0.25) is 0 Å². The number of carbonyl (C=O) groups excluding carboxylic acids is 1. The first-order valence-electron chi connectivity index (χ1n) is 10.8. The normalized spacial score (nSPS) is 13.7. The van der Waals surface area contributed by atoms with Gasteiger partial charge < -0.3 is 25.1 Å². The van der Waals surface area contributed by atoms with Gasteiger partial charge in [0.15, 0.2) is 17.4 Å². The second kappa shape index (κ2) is 8.43. The van der Waals surface area contributed by atoms with Crippen LogP contribution in [-0.2, 0) is 0 Å². The number of hydrogen-bond acceptors (Lipinski definition) is 4. The Kier molecular flexibility index (Phi) is 5.39. The summed E-state index contributed by atoms with van der Waals surface area (Å²) in [6.07, 6.45) is 3.84. The molecule has 1 aromatic heterocycles. The van der Waals surface area contributed by atoms with Crippen molar-refractivity contribution in [2.24, 2.45) is 0 Å². The fraction of sp³-hybridized carbons (Fsp3) is 0.154. The van der Waals surface area contributed by atoms with E-state index < -0.39 is 23.3 Å². The summed E-state index contributed by atoms with van der Waals surface area (Å²) in [5.41, 5.74) is 2.94. The molecule has 3 aromatic carbocycles. The zero-order chi connectivity index (χ0) is 24.7. The molecule has 2 amide bonds.